The van der Waals surface area contributed by atoms with E-state index in [2.05, 4.69) is 4.98 Å². The number of piperidine rings is 1. The Morgan fingerprint density at radius 3 is 2.50 bits per heavy atom. The molecule has 4 nitrogen and oxygen atoms in total. The summed E-state index contributed by atoms with van der Waals surface area (Å²) >= 11 is 11.7. The van der Waals surface area contributed by atoms with E-state index < -0.39 is 0 Å². The Balaban J connectivity index is 2.18. The van der Waals surface area contributed by atoms with E-state index in [0.717, 1.165) is 0 Å². The van der Waals surface area contributed by atoms with Crippen molar-refractivity contribution in [3.05, 3.63) is 28.0 Å². The Morgan fingerprint density at radius 1 is 1.33 bits per heavy atom. The molecule has 0 spiro atoms. The molecule has 2 heterocycles. The largest absolute Gasteiger partial charge is 0.278 e. The number of likely N-dealkylation sites (tertiary alicyclic amines) is 1. The van der Waals surface area contributed by atoms with Crippen LogP contribution in [0, 0.1) is 5.92 Å². The Bertz CT molecular complexity index is 487. The Kier molecular flexibility index (Phi) is 3.88. The molecule has 0 aromatic carbocycles. The maximum atomic E-state index is 11.8. The molecule has 6 heteroatoms. The van der Waals surface area contributed by atoms with Crippen molar-refractivity contribution in [2.45, 2.75) is 26.3 Å². The maximum Gasteiger partial charge on any atom is 0.229 e. The van der Waals surface area contributed by atoms with Crippen LogP contribution in [0.3, 0.4) is 0 Å². The fraction of sp³-hybridized carbons (Fsp3) is 0.417. The first-order chi connectivity index (χ1) is 8.47. The van der Waals surface area contributed by atoms with E-state index in [9.17, 15) is 9.59 Å². The quantitative estimate of drug-likeness (QED) is 0.620. The van der Waals surface area contributed by atoms with Crippen LogP contribution in [0.15, 0.2) is 12.3 Å². The number of halogens is 2. The lowest BCUT2D eigenvalue weighted by atomic mass is 9.97. The van der Waals surface area contributed by atoms with E-state index in [1.54, 1.807) is 0 Å². The topological polar surface area (TPSA) is 50.3 Å². The molecule has 1 aliphatic heterocycles. The van der Waals surface area contributed by atoms with Gasteiger partial charge in [0.25, 0.3) is 0 Å². The van der Waals surface area contributed by atoms with Gasteiger partial charge in [-0.3, -0.25) is 14.5 Å². The van der Waals surface area contributed by atoms with Gasteiger partial charge < -0.3 is 0 Å². The average molecular weight is 287 g/mol. The van der Waals surface area contributed by atoms with Gasteiger partial charge in [-0.1, -0.05) is 30.1 Å². The number of aromatic nitrogens is 1. The Labute approximate surface area is 115 Å². The molecule has 0 aliphatic carbocycles. The summed E-state index contributed by atoms with van der Waals surface area (Å²) in [5.41, 5.74) is 0.623. The van der Waals surface area contributed by atoms with Crippen LogP contribution < -0.4 is 0 Å². The number of nitrogens with zero attached hydrogens (tertiary/aromatic N) is 2. The summed E-state index contributed by atoms with van der Waals surface area (Å²) in [6.45, 7) is 2.05. The predicted octanol–water partition coefficient (Wildman–Crippen LogP) is 2.67. The van der Waals surface area contributed by atoms with Gasteiger partial charge in [-0.05, 0) is 12.0 Å². The van der Waals surface area contributed by atoms with E-state index in [1.165, 1.54) is 17.2 Å². The highest BCUT2D eigenvalue weighted by molar-refractivity contribution is 6.34. The van der Waals surface area contributed by atoms with Crippen LogP contribution in [-0.2, 0) is 16.1 Å². The van der Waals surface area contributed by atoms with Gasteiger partial charge in [-0.15, -0.1) is 0 Å². The van der Waals surface area contributed by atoms with Gasteiger partial charge in [0, 0.05) is 24.6 Å². The van der Waals surface area contributed by atoms with E-state index in [-0.39, 0.29) is 29.4 Å². The van der Waals surface area contributed by atoms with Crippen LogP contribution in [-0.4, -0.2) is 21.7 Å². The SMILES string of the molecule is CC1CC(=O)N(Cc2cnc(Cl)cc2Cl)C(=O)C1. The standard InChI is InChI=1S/C12H12Cl2N2O2/c1-7-2-11(17)16(12(18)3-7)6-8-5-15-10(14)4-9(8)13/h4-5,7H,2-3,6H2,1H3. The Hall–Kier alpha value is -1.13. The highest BCUT2D eigenvalue weighted by atomic mass is 35.5. The lowest BCUT2D eigenvalue weighted by Crippen LogP contribution is -2.42. The lowest BCUT2D eigenvalue weighted by Gasteiger charge is -2.28. The molecule has 1 fully saturated rings. The van der Waals surface area contributed by atoms with Gasteiger partial charge in [0.1, 0.15) is 5.15 Å². The zero-order chi connectivity index (χ0) is 13.3. The van der Waals surface area contributed by atoms with E-state index in [0.29, 0.717) is 23.4 Å². The molecular formula is C12H12Cl2N2O2. The molecular weight excluding hydrogens is 275 g/mol. The van der Waals surface area contributed by atoms with Crippen LogP contribution >= 0.6 is 23.2 Å². The van der Waals surface area contributed by atoms with Crippen LogP contribution in [0.1, 0.15) is 25.3 Å². The molecule has 1 aliphatic rings. The molecule has 2 rings (SSSR count). The highest BCUT2D eigenvalue weighted by Gasteiger charge is 2.30. The molecule has 2 amide bonds. The molecule has 0 N–H and O–H groups in total. The minimum absolute atomic E-state index is 0.111. The number of carbonyl (C=O) groups is 2. The van der Waals surface area contributed by atoms with Crippen molar-refractivity contribution in [2.75, 3.05) is 0 Å². The fourth-order valence-electron chi connectivity index (χ4n) is 1.93. The molecule has 18 heavy (non-hydrogen) atoms. The van der Waals surface area contributed by atoms with Crippen LogP contribution in [0.2, 0.25) is 10.2 Å². The number of rotatable bonds is 2. The maximum absolute atomic E-state index is 11.8. The van der Waals surface area contributed by atoms with E-state index in [1.807, 2.05) is 6.92 Å². The number of hydrogen-bond acceptors (Lipinski definition) is 3. The van der Waals surface area contributed by atoms with Gasteiger partial charge in [0.15, 0.2) is 0 Å². The van der Waals surface area contributed by atoms with Gasteiger partial charge in [-0.2, -0.15) is 0 Å². The van der Waals surface area contributed by atoms with Crippen molar-refractivity contribution in [3.63, 3.8) is 0 Å². The number of pyridine rings is 1. The van der Waals surface area contributed by atoms with Crippen LogP contribution in [0.4, 0.5) is 0 Å². The van der Waals surface area contributed by atoms with Gasteiger partial charge in [0.2, 0.25) is 11.8 Å². The third kappa shape index (κ3) is 2.82. The van der Waals surface area contributed by atoms with E-state index >= 15 is 0 Å². The lowest BCUT2D eigenvalue weighted by molar-refractivity contribution is -0.150. The molecule has 0 bridgehead atoms. The second kappa shape index (κ2) is 5.24. The predicted molar refractivity (Wildman–Crippen MR) is 68.2 cm³/mol. The minimum atomic E-state index is -0.162. The first-order valence-corrected chi connectivity index (χ1v) is 6.36. The second-order valence-electron chi connectivity index (χ2n) is 4.49. The summed E-state index contributed by atoms with van der Waals surface area (Å²) in [5, 5.41) is 0.697. The zero-order valence-electron chi connectivity index (χ0n) is 9.82. The molecule has 96 valence electrons. The second-order valence-corrected chi connectivity index (χ2v) is 5.28. The number of amides is 2. The fourth-order valence-corrected chi connectivity index (χ4v) is 2.35. The van der Waals surface area contributed by atoms with Gasteiger partial charge >= 0.3 is 0 Å². The van der Waals surface area contributed by atoms with Crippen molar-refractivity contribution in [1.82, 2.24) is 9.88 Å². The van der Waals surface area contributed by atoms with Gasteiger partial charge in [-0.25, -0.2) is 4.98 Å². The number of hydrogen-bond donors (Lipinski definition) is 0. The summed E-state index contributed by atoms with van der Waals surface area (Å²) in [6.07, 6.45) is 2.28. The zero-order valence-corrected chi connectivity index (χ0v) is 11.3. The molecule has 1 aromatic heterocycles. The number of imide groups is 1. The Morgan fingerprint density at radius 2 is 1.94 bits per heavy atom. The van der Waals surface area contributed by atoms with E-state index in [4.69, 9.17) is 23.2 Å². The molecule has 1 saturated heterocycles. The molecule has 0 atom stereocenters. The van der Waals surface area contributed by atoms with Crippen molar-refractivity contribution in [1.29, 1.82) is 0 Å². The van der Waals surface area contributed by atoms with Crippen LogP contribution in [0.5, 0.6) is 0 Å². The summed E-state index contributed by atoms with van der Waals surface area (Å²) in [4.78, 5) is 28.8. The first-order valence-electron chi connectivity index (χ1n) is 5.60. The summed E-state index contributed by atoms with van der Waals surface area (Å²) in [6, 6.07) is 1.50. The number of carbonyl (C=O) groups excluding carboxylic acids is 2. The molecule has 0 saturated carbocycles. The van der Waals surface area contributed by atoms with Crippen molar-refractivity contribution < 1.29 is 9.59 Å². The van der Waals surface area contributed by atoms with Crippen molar-refractivity contribution >= 4 is 35.0 Å². The normalized spacial score (nSPS) is 17.4. The van der Waals surface area contributed by atoms with Gasteiger partial charge in [0.05, 0.1) is 11.6 Å². The minimum Gasteiger partial charge on any atom is -0.278 e. The molecule has 0 unspecified atom stereocenters. The average Bonchev–Trinajstić information content (AvgIpc) is 2.25. The smallest absolute Gasteiger partial charge is 0.229 e. The monoisotopic (exact) mass is 286 g/mol. The summed E-state index contributed by atoms with van der Waals surface area (Å²) in [7, 11) is 0. The first kappa shape index (κ1) is 13.3. The third-order valence-corrected chi connectivity index (χ3v) is 3.43. The molecule has 1 aromatic rings. The highest BCUT2D eigenvalue weighted by Crippen LogP contribution is 2.24. The third-order valence-electron chi connectivity index (χ3n) is 2.87. The van der Waals surface area contributed by atoms with Crippen LogP contribution in [0.25, 0.3) is 0 Å². The van der Waals surface area contributed by atoms with Crippen molar-refractivity contribution in [3.8, 4) is 0 Å². The van der Waals surface area contributed by atoms with Crippen molar-refractivity contribution in [2.24, 2.45) is 5.92 Å². The summed E-state index contributed by atoms with van der Waals surface area (Å²) in [5.74, 6) is -0.213. The molecule has 0 radical (unpaired) electrons. The summed E-state index contributed by atoms with van der Waals surface area (Å²) < 4.78 is 0.